The van der Waals surface area contributed by atoms with Crippen LogP contribution < -0.4 is 14.9 Å². The lowest BCUT2D eigenvalue weighted by Gasteiger charge is -2.11. The van der Waals surface area contributed by atoms with E-state index in [1.165, 1.54) is 6.21 Å². The number of rotatable bonds is 7. The molecule has 6 heteroatoms. The number of halogens is 1. The first-order valence-corrected chi connectivity index (χ1v) is 8.32. The van der Waals surface area contributed by atoms with Crippen LogP contribution in [0.15, 0.2) is 41.5 Å². The van der Waals surface area contributed by atoms with E-state index in [9.17, 15) is 4.79 Å². The number of ether oxygens (including phenoxy) is 2. The number of hydrogen-bond donors (Lipinski definition) is 1. The first-order valence-electron chi connectivity index (χ1n) is 7.94. The van der Waals surface area contributed by atoms with E-state index >= 15 is 0 Å². The number of para-hydroxylation sites is 1. The third-order valence-corrected chi connectivity index (χ3v) is 3.66. The molecule has 5 nitrogen and oxygen atoms in total. The predicted octanol–water partition coefficient (Wildman–Crippen LogP) is 3.88. The molecule has 0 aliphatic rings. The normalized spacial score (nSPS) is 10.7. The number of nitrogens with zero attached hydrogens (tertiary/aromatic N) is 1. The fraction of sp³-hybridized carbons (Fsp3) is 0.263. The Labute approximate surface area is 152 Å². The van der Waals surface area contributed by atoms with Crippen LogP contribution in [0.4, 0.5) is 0 Å². The van der Waals surface area contributed by atoms with Gasteiger partial charge in [-0.25, -0.2) is 5.43 Å². The third-order valence-electron chi connectivity index (χ3n) is 3.42. The summed E-state index contributed by atoms with van der Waals surface area (Å²) in [5, 5.41) is 4.50. The van der Waals surface area contributed by atoms with Crippen molar-refractivity contribution < 1.29 is 14.3 Å². The van der Waals surface area contributed by atoms with Gasteiger partial charge in [-0.05, 0) is 50.1 Å². The fourth-order valence-electron chi connectivity index (χ4n) is 2.28. The molecule has 0 radical (unpaired) electrons. The zero-order chi connectivity index (χ0) is 18.2. The van der Waals surface area contributed by atoms with Crippen LogP contribution >= 0.6 is 11.6 Å². The van der Waals surface area contributed by atoms with Crippen molar-refractivity contribution >= 4 is 23.7 Å². The van der Waals surface area contributed by atoms with Crippen molar-refractivity contribution in [3.63, 3.8) is 0 Å². The van der Waals surface area contributed by atoms with E-state index in [1.807, 2.05) is 39.0 Å². The third kappa shape index (κ3) is 5.50. The Hall–Kier alpha value is -2.53. The van der Waals surface area contributed by atoms with Crippen LogP contribution in [0.1, 0.15) is 23.6 Å². The molecule has 0 saturated heterocycles. The maximum atomic E-state index is 11.9. The molecule has 1 amide bonds. The molecule has 0 aliphatic carbocycles. The van der Waals surface area contributed by atoms with Gasteiger partial charge in [-0.3, -0.25) is 4.79 Å². The van der Waals surface area contributed by atoms with Crippen LogP contribution in [0.3, 0.4) is 0 Å². The number of carbonyl (C=O) groups is 1. The Morgan fingerprint density at radius 2 is 1.92 bits per heavy atom. The van der Waals surface area contributed by atoms with E-state index in [2.05, 4.69) is 10.5 Å². The molecular weight excluding hydrogens is 340 g/mol. The van der Waals surface area contributed by atoms with Crippen molar-refractivity contribution in [2.24, 2.45) is 5.10 Å². The molecule has 2 aromatic carbocycles. The van der Waals surface area contributed by atoms with Gasteiger partial charge in [0.15, 0.2) is 6.61 Å². The van der Waals surface area contributed by atoms with Crippen molar-refractivity contribution in [2.75, 3.05) is 13.2 Å². The molecule has 0 aliphatic heterocycles. The van der Waals surface area contributed by atoms with Crippen LogP contribution in [0.25, 0.3) is 0 Å². The van der Waals surface area contributed by atoms with Crippen LogP contribution in [0.5, 0.6) is 11.5 Å². The van der Waals surface area contributed by atoms with Crippen molar-refractivity contribution in [3.05, 3.63) is 58.1 Å². The number of benzene rings is 2. The van der Waals surface area contributed by atoms with E-state index in [0.717, 1.165) is 16.9 Å². The van der Waals surface area contributed by atoms with Crippen LogP contribution in [-0.2, 0) is 4.79 Å². The highest BCUT2D eigenvalue weighted by molar-refractivity contribution is 6.30. The van der Waals surface area contributed by atoms with Gasteiger partial charge in [0.1, 0.15) is 11.5 Å². The summed E-state index contributed by atoms with van der Waals surface area (Å²) in [7, 11) is 0. The van der Waals surface area contributed by atoms with Gasteiger partial charge < -0.3 is 9.47 Å². The van der Waals surface area contributed by atoms with Gasteiger partial charge in [-0.2, -0.15) is 5.10 Å². The zero-order valence-electron chi connectivity index (χ0n) is 14.5. The quantitative estimate of drug-likeness (QED) is 0.602. The predicted molar refractivity (Wildman–Crippen MR) is 99.8 cm³/mol. The Balaban J connectivity index is 1.94. The smallest absolute Gasteiger partial charge is 0.277 e. The molecular formula is C19H21ClN2O3. The number of carbonyl (C=O) groups excluding carboxylic acids is 1. The lowest BCUT2D eigenvalue weighted by molar-refractivity contribution is -0.123. The second-order valence-corrected chi connectivity index (χ2v) is 5.85. The van der Waals surface area contributed by atoms with E-state index in [-0.39, 0.29) is 12.5 Å². The lowest BCUT2D eigenvalue weighted by Crippen LogP contribution is -2.25. The maximum Gasteiger partial charge on any atom is 0.277 e. The highest BCUT2D eigenvalue weighted by Gasteiger charge is 2.07. The summed E-state index contributed by atoms with van der Waals surface area (Å²) in [5.41, 5.74) is 5.09. The Morgan fingerprint density at radius 1 is 1.20 bits per heavy atom. The van der Waals surface area contributed by atoms with Crippen molar-refractivity contribution in [3.8, 4) is 11.5 Å². The molecule has 132 valence electrons. The topological polar surface area (TPSA) is 59.9 Å². The lowest BCUT2D eigenvalue weighted by atomic mass is 10.1. The van der Waals surface area contributed by atoms with Crippen LogP contribution in [0, 0.1) is 13.8 Å². The second-order valence-electron chi connectivity index (χ2n) is 5.42. The van der Waals surface area contributed by atoms with Gasteiger partial charge in [-0.15, -0.1) is 0 Å². The number of amides is 1. The molecule has 2 aromatic rings. The number of nitrogens with one attached hydrogen (secondary N) is 1. The molecule has 0 unspecified atom stereocenters. The van der Waals surface area contributed by atoms with Gasteiger partial charge in [0.2, 0.25) is 0 Å². The Bertz CT molecular complexity index is 755. The maximum absolute atomic E-state index is 11.9. The summed E-state index contributed by atoms with van der Waals surface area (Å²) in [4.78, 5) is 11.9. The van der Waals surface area contributed by atoms with E-state index < -0.39 is 0 Å². The molecule has 0 heterocycles. The standard InChI is InChI=1S/C19H21ClN2O3/c1-4-24-17-9-8-16(20)10-15(17)11-21-22-18(23)12-25-19-13(2)6-5-7-14(19)3/h5-11H,4,12H2,1-3H3,(H,22,23)/b21-11-. The number of aryl methyl sites for hydroxylation is 2. The largest absolute Gasteiger partial charge is 0.493 e. The number of hydrazone groups is 1. The molecule has 0 spiro atoms. The van der Waals surface area contributed by atoms with Crippen molar-refractivity contribution in [1.82, 2.24) is 5.43 Å². The van der Waals surface area contributed by atoms with Gasteiger partial charge in [0.05, 0.1) is 12.8 Å². The summed E-state index contributed by atoms with van der Waals surface area (Å²) in [5.74, 6) is 1.02. The summed E-state index contributed by atoms with van der Waals surface area (Å²) < 4.78 is 11.1. The number of hydrogen-bond acceptors (Lipinski definition) is 4. The highest BCUT2D eigenvalue weighted by atomic mass is 35.5. The van der Waals surface area contributed by atoms with Gasteiger partial charge >= 0.3 is 0 Å². The minimum Gasteiger partial charge on any atom is -0.493 e. The van der Waals surface area contributed by atoms with Crippen LogP contribution in [0.2, 0.25) is 5.02 Å². The molecule has 25 heavy (non-hydrogen) atoms. The average Bonchev–Trinajstić information content (AvgIpc) is 2.57. The summed E-state index contributed by atoms with van der Waals surface area (Å²) >= 11 is 5.98. The van der Waals surface area contributed by atoms with Gasteiger partial charge in [0, 0.05) is 10.6 Å². The molecule has 1 N–H and O–H groups in total. The molecule has 0 atom stereocenters. The summed E-state index contributed by atoms with van der Waals surface area (Å²) in [6.45, 7) is 6.18. The molecule has 0 bridgehead atoms. The molecule has 0 saturated carbocycles. The Kier molecular flexibility index (Phi) is 6.83. The van der Waals surface area contributed by atoms with Gasteiger partial charge in [0.25, 0.3) is 5.91 Å². The average molecular weight is 361 g/mol. The van der Waals surface area contributed by atoms with Crippen LogP contribution in [-0.4, -0.2) is 25.3 Å². The molecule has 2 rings (SSSR count). The minimum absolute atomic E-state index is 0.114. The fourth-order valence-corrected chi connectivity index (χ4v) is 2.46. The van der Waals surface area contributed by atoms with E-state index in [1.54, 1.807) is 18.2 Å². The minimum atomic E-state index is -0.348. The van der Waals surface area contributed by atoms with E-state index in [0.29, 0.717) is 22.9 Å². The monoisotopic (exact) mass is 360 g/mol. The first-order chi connectivity index (χ1) is 12.0. The molecule has 0 aromatic heterocycles. The summed E-state index contributed by atoms with van der Waals surface area (Å²) in [6.07, 6.45) is 1.49. The van der Waals surface area contributed by atoms with Crippen molar-refractivity contribution in [1.29, 1.82) is 0 Å². The summed E-state index contributed by atoms with van der Waals surface area (Å²) in [6, 6.07) is 11.0. The first kappa shape index (κ1) is 18.8. The van der Waals surface area contributed by atoms with Crippen molar-refractivity contribution in [2.45, 2.75) is 20.8 Å². The SMILES string of the molecule is CCOc1ccc(Cl)cc1/C=N\NC(=O)COc1c(C)cccc1C. The van der Waals surface area contributed by atoms with Gasteiger partial charge in [-0.1, -0.05) is 29.8 Å². The van der Waals surface area contributed by atoms with E-state index in [4.69, 9.17) is 21.1 Å². The second kappa shape index (κ2) is 9.08. The zero-order valence-corrected chi connectivity index (χ0v) is 15.3. The highest BCUT2D eigenvalue weighted by Crippen LogP contribution is 2.22. The Morgan fingerprint density at radius 3 is 2.60 bits per heavy atom. The molecule has 0 fully saturated rings.